The van der Waals surface area contributed by atoms with Crippen molar-refractivity contribution in [2.24, 2.45) is 4.99 Å². The second-order valence-electron chi connectivity index (χ2n) is 6.87. The van der Waals surface area contributed by atoms with Gasteiger partial charge < -0.3 is 20.4 Å². The summed E-state index contributed by atoms with van der Waals surface area (Å²) in [6, 6.07) is 11.6. The standard InChI is InChI=1S/C20H27FN6/c1-22-20(24-13-15-6-4-7-17(12-15)26(2)3)25-16-9-11-27(14-16)19-18(21)8-5-10-23-19/h4-8,10,12,16H,9,11,13-14H2,1-3H3,(H2,22,24,25). The van der Waals surface area contributed by atoms with Crippen LogP contribution in [0.5, 0.6) is 0 Å². The zero-order chi connectivity index (χ0) is 19.2. The average Bonchev–Trinajstić information content (AvgIpc) is 3.14. The normalized spacial score (nSPS) is 17.1. The zero-order valence-corrected chi connectivity index (χ0v) is 16.1. The van der Waals surface area contributed by atoms with Crippen LogP contribution in [0.25, 0.3) is 0 Å². The van der Waals surface area contributed by atoms with Crippen molar-refractivity contribution in [1.82, 2.24) is 15.6 Å². The number of guanidine groups is 1. The molecule has 1 aromatic heterocycles. The van der Waals surface area contributed by atoms with Crippen molar-refractivity contribution in [2.45, 2.75) is 19.0 Å². The largest absolute Gasteiger partial charge is 0.378 e. The van der Waals surface area contributed by atoms with E-state index in [0.717, 1.165) is 18.9 Å². The molecule has 0 bridgehead atoms. The minimum Gasteiger partial charge on any atom is -0.378 e. The first-order valence-electron chi connectivity index (χ1n) is 9.15. The minimum atomic E-state index is -0.276. The van der Waals surface area contributed by atoms with Gasteiger partial charge in [0, 0.05) is 58.7 Å². The van der Waals surface area contributed by atoms with Gasteiger partial charge in [0.05, 0.1) is 0 Å². The van der Waals surface area contributed by atoms with Gasteiger partial charge in [-0.3, -0.25) is 4.99 Å². The number of hydrogen-bond acceptors (Lipinski definition) is 4. The second-order valence-corrected chi connectivity index (χ2v) is 6.87. The molecule has 1 aromatic carbocycles. The SMILES string of the molecule is CN=C(NCc1cccc(N(C)C)c1)NC1CCN(c2ncccc2F)C1. The number of aromatic nitrogens is 1. The van der Waals surface area contributed by atoms with Gasteiger partial charge in [-0.15, -0.1) is 0 Å². The molecule has 2 heterocycles. The van der Waals surface area contributed by atoms with Crippen molar-refractivity contribution in [3.8, 4) is 0 Å². The fourth-order valence-electron chi connectivity index (χ4n) is 3.20. The van der Waals surface area contributed by atoms with Gasteiger partial charge in [0.25, 0.3) is 0 Å². The van der Waals surface area contributed by atoms with Gasteiger partial charge in [0.2, 0.25) is 0 Å². The molecule has 0 aliphatic carbocycles. The molecule has 1 aliphatic heterocycles. The number of anilines is 2. The quantitative estimate of drug-likeness (QED) is 0.624. The first-order valence-corrected chi connectivity index (χ1v) is 9.15. The predicted molar refractivity (Wildman–Crippen MR) is 109 cm³/mol. The van der Waals surface area contributed by atoms with Crippen LogP contribution in [-0.2, 0) is 6.54 Å². The molecule has 27 heavy (non-hydrogen) atoms. The van der Waals surface area contributed by atoms with Crippen LogP contribution in [0, 0.1) is 5.82 Å². The van der Waals surface area contributed by atoms with Gasteiger partial charge in [0.15, 0.2) is 17.6 Å². The van der Waals surface area contributed by atoms with Crippen molar-refractivity contribution >= 4 is 17.5 Å². The molecule has 0 spiro atoms. The van der Waals surface area contributed by atoms with E-state index in [4.69, 9.17) is 0 Å². The molecule has 2 aromatic rings. The summed E-state index contributed by atoms with van der Waals surface area (Å²) < 4.78 is 13.9. The molecular weight excluding hydrogens is 343 g/mol. The molecule has 144 valence electrons. The summed E-state index contributed by atoms with van der Waals surface area (Å²) in [5.74, 6) is 0.894. The number of nitrogens with zero attached hydrogens (tertiary/aromatic N) is 4. The molecule has 1 atom stereocenters. The van der Waals surface area contributed by atoms with Gasteiger partial charge in [-0.1, -0.05) is 12.1 Å². The molecule has 1 unspecified atom stereocenters. The van der Waals surface area contributed by atoms with Crippen molar-refractivity contribution in [2.75, 3.05) is 44.0 Å². The van der Waals surface area contributed by atoms with Gasteiger partial charge in [-0.2, -0.15) is 0 Å². The number of benzene rings is 1. The molecule has 2 N–H and O–H groups in total. The molecule has 1 aliphatic rings. The van der Waals surface area contributed by atoms with Gasteiger partial charge in [0.1, 0.15) is 0 Å². The van der Waals surface area contributed by atoms with E-state index in [-0.39, 0.29) is 11.9 Å². The highest BCUT2D eigenvalue weighted by Gasteiger charge is 2.25. The van der Waals surface area contributed by atoms with E-state index in [1.165, 1.54) is 17.3 Å². The summed E-state index contributed by atoms with van der Waals surface area (Å²) in [5, 5.41) is 6.79. The highest BCUT2D eigenvalue weighted by Crippen LogP contribution is 2.20. The van der Waals surface area contributed by atoms with E-state index in [0.29, 0.717) is 18.9 Å². The topological polar surface area (TPSA) is 55.8 Å². The maximum Gasteiger partial charge on any atom is 0.191 e. The fraction of sp³-hybridized carbons (Fsp3) is 0.400. The smallest absolute Gasteiger partial charge is 0.191 e. The molecule has 0 saturated carbocycles. The predicted octanol–water partition coefficient (Wildman–Crippen LogP) is 2.23. The maximum absolute atomic E-state index is 13.9. The van der Waals surface area contributed by atoms with Crippen LogP contribution in [0.15, 0.2) is 47.6 Å². The van der Waals surface area contributed by atoms with E-state index in [1.807, 2.05) is 19.0 Å². The molecule has 0 radical (unpaired) electrons. The third kappa shape index (κ3) is 4.87. The van der Waals surface area contributed by atoms with Crippen molar-refractivity contribution in [1.29, 1.82) is 0 Å². The molecule has 3 rings (SSSR count). The lowest BCUT2D eigenvalue weighted by molar-refractivity contribution is 0.612. The summed E-state index contributed by atoms with van der Waals surface area (Å²) in [7, 11) is 5.82. The Morgan fingerprint density at radius 2 is 2.19 bits per heavy atom. The Balaban J connectivity index is 1.54. The summed E-state index contributed by atoms with van der Waals surface area (Å²) in [5.41, 5.74) is 2.36. The maximum atomic E-state index is 13.9. The molecular formula is C20H27FN6. The number of halogens is 1. The number of nitrogens with one attached hydrogen (secondary N) is 2. The number of pyridine rings is 1. The first kappa shape index (κ1) is 18.9. The Morgan fingerprint density at radius 1 is 1.33 bits per heavy atom. The zero-order valence-electron chi connectivity index (χ0n) is 16.1. The van der Waals surface area contributed by atoms with Crippen LogP contribution in [0.4, 0.5) is 15.9 Å². The third-order valence-corrected chi connectivity index (χ3v) is 4.68. The van der Waals surface area contributed by atoms with E-state index >= 15 is 0 Å². The van der Waals surface area contributed by atoms with E-state index in [1.54, 1.807) is 19.3 Å². The Bertz CT molecular complexity index is 792. The van der Waals surface area contributed by atoms with E-state index in [9.17, 15) is 4.39 Å². The fourth-order valence-corrected chi connectivity index (χ4v) is 3.20. The van der Waals surface area contributed by atoms with Crippen molar-refractivity contribution < 1.29 is 4.39 Å². The summed E-state index contributed by atoms with van der Waals surface area (Å²) in [6.07, 6.45) is 2.54. The third-order valence-electron chi connectivity index (χ3n) is 4.68. The Kier molecular flexibility index (Phi) is 6.11. The molecule has 6 nitrogen and oxygen atoms in total. The molecule has 1 fully saturated rings. The van der Waals surface area contributed by atoms with Crippen LogP contribution >= 0.6 is 0 Å². The number of rotatable bonds is 5. The Labute approximate surface area is 160 Å². The monoisotopic (exact) mass is 370 g/mol. The highest BCUT2D eigenvalue weighted by molar-refractivity contribution is 5.80. The number of aliphatic imine (C=N–C) groups is 1. The Hall–Kier alpha value is -2.83. The average molecular weight is 370 g/mol. The summed E-state index contributed by atoms with van der Waals surface area (Å²) in [4.78, 5) is 12.5. The van der Waals surface area contributed by atoms with Gasteiger partial charge in [-0.05, 0) is 36.2 Å². The van der Waals surface area contributed by atoms with Crippen LogP contribution < -0.4 is 20.4 Å². The van der Waals surface area contributed by atoms with E-state index in [2.05, 4.69) is 49.8 Å². The lowest BCUT2D eigenvalue weighted by atomic mass is 10.2. The van der Waals surface area contributed by atoms with E-state index < -0.39 is 0 Å². The highest BCUT2D eigenvalue weighted by atomic mass is 19.1. The minimum absolute atomic E-state index is 0.200. The first-order chi connectivity index (χ1) is 13.1. The van der Waals surface area contributed by atoms with Crippen molar-refractivity contribution in [3.05, 3.63) is 54.0 Å². The number of hydrogen-bond donors (Lipinski definition) is 2. The lowest BCUT2D eigenvalue weighted by Crippen LogP contribution is -2.44. The van der Waals surface area contributed by atoms with Crippen LogP contribution in [-0.4, -0.2) is 51.2 Å². The van der Waals surface area contributed by atoms with Gasteiger partial charge >= 0.3 is 0 Å². The Morgan fingerprint density at radius 3 is 2.93 bits per heavy atom. The second kappa shape index (κ2) is 8.70. The molecule has 0 amide bonds. The van der Waals surface area contributed by atoms with Crippen LogP contribution in [0.1, 0.15) is 12.0 Å². The van der Waals surface area contributed by atoms with Gasteiger partial charge in [-0.25, -0.2) is 9.37 Å². The van der Waals surface area contributed by atoms with Crippen LogP contribution in [0.3, 0.4) is 0 Å². The molecule has 7 heteroatoms. The van der Waals surface area contributed by atoms with Crippen LogP contribution in [0.2, 0.25) is 0 Å². The lowest BCUT2D eigenvalue weighted by Gasteiger charge is -2.20. The summed E-state index contributed by atoms with van der Waals surface area (Å²) >= 11 is 0. The molecule has 1 saturated heterocycles. The summed E-state index contributed by atoms with van der Waals surface area (Å²) in [6.45, 7) is 2.16. The van der Waals surface area contributed by atoms with Crippen molar-refractivity contribution in [3.63, 3.8) is 0 Å².